The summed E-state index contributed by atoms with van der Waals surface area (Å²) in [6.45, 7) is 0.143. The topological polar surface area (TPSA) is 114 Å². The van der Waals surface area contributed by atoms with Crippen LogP contribution in [0, 0.1) is 11.3 Å². The summed E-state index contributed by atoms with van der Waals surface area (Å²) in [5.41, 5.74) is 11.5. The molecule has 0 heterocycles. The van der Waals surface area contributed by atoms with Crippen LogP contribution in [-0.2, 0) is 4.79 Å². The van der Waals surface area contributed by atoms with Crippen LogP contribution < -0.4 is 21.5 Å². The molecule has 1 aromatic rings. The van der Waals surface area contributed by atoms with Crippen molar-refractivity contribution < 1.29 is 9.53 Å². The lowest BCUT2D eigenvalue weighted by Crippen LogP contribution is -2.41. The maximum Gasteiger partial charge on any atom is 0.236 e. The molecule has 0 aliphatic rings. The molecule has 1 aromatic carbocycles. The van der Waals surface area contributed by atoms with E-state index in [2.05, 4.69) is 5.32 Å². The summed E-state index contributed by atoms with van der Waals surface area (Å²) in [5, 5.41) is 11.8. The number of nitriles is 1. The SMILES string of the molecule is COc1cccc(C#N)c1NCC(N)C(N)=O. The molecule has 5 N–H and O–H groups in total. The summed E-state index contributed by atoms with van der Waals surface area (Å²) in [4.78, 5) is 10.8. The Labute approximate surface area is 99.2 Å². The van der Waals surface area contributed by atoms with Crippen LogP contribution in [0.5, 0.6) is 5.75 Å². The molecule has 1 rings (SSSR count). The molecule has 17 heavy (non-hydrogen) atoms. The van der Waals surface area contributed by atoms with Crippen LogP contribution in [0.4, 0.5) is 5.69 Å². The summed E-state index contributed by atoms with van der Waals surface area (Å²) in [5.74, 6) is -0.0911. The van der Waals surface area contributed by atoms with Gasteiger partial charge in [0, 0.05) is 6.54 Å². The van der Waals surface area contributed by atoms with Gasteiger partial charge in [-0.1, -0.05) is 6.07 Å². The number of nitrogens with one attached hydrogen (secondary N) is 1. The van der Waals surface area contributed by atoms with Crippen molar-refractivity contribution in [2.45, 2.75) is 6.04 Å². The zero-order valence-corrected chi connectivity index (χ0v) is 9.43. The lowest BCUT2D eigenvalue weighted by Gasteiger charge is -2.14. The quantitative estimate of drug-likeness (QED) is 0.652. The number of anilines is 1. The number of rotatable bonds is 5. The zero-order chi connectivity index (χ0) is 12.8. The fourth-order valence-electron chi connectivity index (χ4n) is 1.29. The highest BCUT2D eigenvalue weighted by atomic mass is 16.5. The Morgan fingerprint density at radius 3 is 2.88 bits per heavy atom. The second-order valence-electron chi connectivity index (χ2n) is 3.38. The second kappa shape index (κ2) is 5.72. The monoisotopic (exact) mass is 234 g/mol. The average molecular weight is 234 g/mol. The molecular weight excluding hydrogens is 220 g/mol. The van der Waals surface area contributed by atoms with Crippen molar-refractivity contribution in [3.63, 3.8) is 0 Å². The number of ether oxygens (including phenoxy) is 1. The molecule has 0 saturated heterocycles. The smallest absolute Gasteiger partial charge is 0.236 e. The van der Waals surface area contributed by atoms with Crippen molar-refractivity contribution in [2.75, 3.05) is 19.0 Å². The summed E-state index contributed by atoms with van der Waals surface area (Å²) < 4.78 is 5.11. The molecule has 0 aromatic heterocycles. The number of benzene rings is 1. The molecule has 0 aliphatic carbocycles. The molecule has 6 nitrogen and oxygen atoms in total. The predicted octanol–water partition coefficient (Wildman–Crippen LogP) is -0.209. The second-order valence-corrected chi connectivity index (χ2v) is 3.38. The van der Waals surface area contributed by atoms with Crippen molar-refractivity contribution in [3.05, 3.63) is 23.8 Å². The molecule has 6 heteroatoms. The highest BCUT2D eigenvalue weighted by Crippen LogP contribution is 2.27. The highest BCUT2D eigenvalue weighted by molar-refractivity contribution is 5.80. The normalized spacial score (nSPS) is 11.4. The molecule has 0 bridgehead atoms. The van der Waals surface area contributed by atoms with E-state index in [0.29, 0.717) is 17.0 Å². The van der Waals surface area contributed by atoms with Gasteiger partial charge in [0.25, 0.3) is 0 Å². The largest absolute Gasteiger partial charge is 0.495 e. The Morgan fingerprint density at radius 2 is 2.35 bits per heavy atom. The average Bonchev–Trinajstić information content (AvgIpc) is 2.34. The third-order valence-electron chi connectivity index (χ3n) is 2.23. The minimum absolute atomic E-state index is 0.143. The Bertz CT molecular complexity index is 453. The fourth-order valence-corrected chi connectivity index (χ4v) is 1.29. The molecule has 1 amide bonds. The highest BCUT2D eigenvalue weighted by Gasteiger charge is 2.12. The molecule has 0 radical (unpaired) electrons. The van der Waals surface area contributed by atoms with E-state index in [1.807, 2.05) is 6.07 Å². The van der Waals surface area contributed by atoms with E-state index in [-0.39, 0.29) is 6.54 Å². The number of carbonyl (C=O) groups excluding carboxylic acids is 1. The molecular formula is C11H14N4O2. The first-order chi connectivity index (χ1) is 8.10. The van der Waals surface area contributed by atoms with Gasteiger partial charge in [-0.05, 0) is 12.1 Å². The van der Waals surface area contributed by atoms with Gasteiger partial charge in [-0.15, -0.1) is 0 Å². The minimum atomic E-state index is -0.813. The zero-order valence-electron chi connectivity index (χ0n) is 9.43. The Hall–Kier alpha value is -2.26. The van der Waals surface area contributed by atoms with Crippen molar-refractivity contribution >= 4 is 11.6 Å². The number of hydrogen-bond donors (Lipinski definition) is 3. The van der Waals surface area contributed by atoms with Gasteiger partial charge in [-0.25, -0.2) is 0 Å². The van der Waals surface area contributed by atoms with Gasteiger partial charge in [0.1, 0.15) is 17.9 Å². The molecule has 0 fully saturated rings. The molecule has 0 spiro atoms. The van der Waals surface area contributed by atoms with E-state index >= 15 is 0 Å². The van der Waals surface area contributed by atoms with Crippen molar-refractivity contribution in [2.24, 2.45) is 11.5 Å². The number of methoxy groups -OCH3 is 1. The first-order valence-electron chi connectivity index (χ1n) is 4.96. The summed E-state index contributed by atoms with van der Waals surface area (Å²) in [7, 11) is 1.50. The number of nitrogens with two attached hydrogens (primary N) is 2. The van der Waals surface area contributed by atoms with Crippen LogP contribution in [0.2, 0.25) is 0 Å². The molecule has 90 valence electrons. The van der Waals surface area contributed by atoms with Crippen LogP contribution in [0.25, 0.3) is 0 Å². The minimum Gasteiger partial charge on any atom is -0.495 e. The third-order valence-corrected chi connectivity index (χ3v) is 2.23. The van der Waals surface area contributed by atoms with Crippen molar-refractivity contribution in [1.82, 2.24) is 0 Å². The standard InChI is InChI=1S/C11H14N4O2/c1-17-9-4-2-3-7(5-12)10(9)15-6-8(13)11(14)16/h2-4,8,15H,6,13H2,1H3,(H2,14,16). The van der Waals surface area contributed by atoms with E-state index in [0.717, 1.165) is 0 Å². The van der Waals surface area contributed by atoms with Crippen LogP contribution in [0.1, 0.15) is 5.56 Å². The molecule has 0 aliphatic heterocycles. The van der Waals surface area contributed by atoms with E-state index in [1.165, 1.54) is 7.11 Å². The van der Waals surface area contributed by atoms with Gasteiger partial charge in [-0.3, -0.25) is 4.79 Å². The Balaban J connectivity index is 2.89. The van der Waals surface area contributed by atoms with Crippen molar-refractivity contribution in [1.29, 1.82) is 5.26 Å². The van der Waals surface area contributed by atoms with E-state index in [4.69, 9.17) is 21.5 Å². The van der Waals surface area contributed by atoms with E-state index in [9.17, 15) is 4.79 Å². The fraction of sp³-hybridized carbons (Fsp3) is 0.273. The van der Waals surface area contributed by atoms with Gasteiger partial charge >= 0.3 is 0 Å². The van der Waals surface area contributed by atoms with E-state index in [1.54, 1.807) is 18.2 Å². The molecule has 0 saturated carbocycles. The summed E-state index contributed by atoms with van der Waals surface area (Å²) >= 11 is 0. The van der Waals surface area contributed by atoms with Crippen LogP contribution in [-0.4, -0.2) is 25.6 Å². The Kier molecular flexibility index (Phi) is 4.31. The maximum atomic E-state index is 10.8. The number of nitrogens with zero attached hydrogens (tertiary/aromatic N) is 1. The third kappa shape index (κ3) is 3.09. The number of carbonyl (C=O) groups is 1. The van der Waals surface area contributed by atoms with E-state index < -0.39 is 11.9 Å². The summed E-state index contributed by atoms with van der Waals surface area (Å²) in [6.07, 6.45) is 0. The predicted molar refractivity (Wildman–Crippen MR) is 63.4 cm³/mol. The van der Waals surface area contributed by atoms with Gasteiger partial charge in [0.05, 0.1) is 18.4 Å². The lowest BCUT2D eigenvalue weighted by atomic mass is 10.1. The number of hydrogen-bond acceptors (Lipinski definition) is 5. The van der Waals surface area contributed by atoms with Gasteiger partial charge < -0.3 is 21.5 Å². The molecule has 1 atom stereocenters. The Morgan fingerprint density at radius 1 is 1.65 bits per heavy atom. The molecule has 1 unspecified atom stereocenters. The number of amides is 1. The maximum absolute atomic E-state index is 10.8. The van der Waals surface area contributed by atoms with Crippen LogP contribution in [0.15, 0.2) is 18.2 Å². The van der Waals surface area contributed by atoms with Crippen LogP contribution in [0.3, 0.4) is 0 Å². The van der Waals surface area contributed by atoms with Gasteiger partial charge in [0.15, 0.2) is 0 Å². The summed E-state index contributed by atoms with van der Waals surface area (Å²) in [6, 6.07) is 6.26. The first-order valence-corrected chi connectivity index (χ1v) is 4.96. The number of primary amides is 1. The first kappa shape index (κ1) is 12.8. The van der Waals surface area contributed by atoms with Crippen LogP contribution >= 0.6 is 0 Å². The van der Waals surface area contributed by atoms with Gasteiger partial charge in [0.2, 0.25) is 5.91 Å². The van der Waals surface area contributed by atoms with Gasteiger partial charge in [-0.2, -0.15) is 5.26 Å². The van der Waals surface area contributed by atoms with Crippen molar-refractivity contribution in [3.8, 4) is 11.8 Å². The number of para-hydroxylation sites is 1. The lowest BCUT2D eigenvalue weighted by molar-refractivity contribution is -0.118.